The first-order chi connectivity index (χ1) is 10.1. The molecule has 108 valence electrons. The third kappa shape index (κ3) is 2.95. The molecule has 1 aliphatic rings. The topological polar surface area (TPSA) is 41.6 Å². The van der Waals surface area contributed by atoms with E-state index in [4.69, 9.17) is 16.3 Å². The zero-order valence-electron chi connectivity index (χ0n) is 11.5. The molecule has 0 spiro atoms. The molecule has 1 atom stereocenters. The number of urea groups is 1. The predicted octanol–water partition coefficient (Wildman–Crippen LogP) is 4.16. The van der Waals surface area contributed by atoms with Gasteiger partial charge in [0.05, 0.1) is 12.2 Å². The molecule has 0 aliphatic carbocycles. The minimum atomic E-state index is -0.181. The molecule has 0 unspecified atom stereocenters. The Balaban J connectivity index is 1.83. The summed E-state index contributed by atoms with van der Waals surface area (Å²) in [5, 5.41) is 3.51. The highest BCUT2D eigenvalue weighted by Crippen LogP contribution is 2.33. The normalized spacial score (nSPS) is 16.9. The Morgan fingerprint density at radius 2 is 1.95 bits per heavy atom. The van der Waals surface area contributed by atoms with Gasteiger partial charge in [0.25, 0.3) is 0 Å². The lowest BCUT2D eigenvalue weighted by atomic mass is 10.2. The van der Waals surface area contributed by atoms with Gasteiger partial charge in [-0.15, -0.1) is 0 Å². The van der Waals surface area contributed by atoms with Crippen LogP contribution in [0.25, 0.3) is 0 Å². The van der Waals surface area contributed by atoms with Crippen molar-refractivity contribution in [3.63, 3.8) is 0 Å². The number of ether oxygens (including phenoxy) is 1. The number of anilines is 2. The highest BCUT2D eigenvalue weighted by molar-refractivity contribution is 6.30. The zero-order chi connectivity index (χ0) is 14.8. The molecule has 2 aromatic rings. The summed E-state index contributed by atoms with van der Waals surface area (Å²) in [6, 6.07) is 14.4. The molecule has 0 saturated heterocycles. The Morgan fingerprint density at radius 1 is 1.24 bits per heavy atom. The predicted molar refractivity (Wildman–Crippen MR) is 84.3 cm³/mol. The number of rotatable bonds is 1. The van der Waals surface area contributed by atoms with Gasteiger partial charge in [-0.05, 0) is 43.3 Å². The Labute approximate surface area is 128 Å². The molecule has 1 heterocycles. The molecule has 3 rings (SSSR count). The van der Waals surface area contributed by atoms with E-state index < -0.39 is 0 Å². The van der Waals surface area contributed by atoms with Crippen LogP contribution in [0.5, 0.6) is 5.75 Å². The van der Waals surface area contributed by atoms with E-state index in [2.05, 4.69) is 5.32 Å². The third-order valence-corrected chi connectivity index (χ3v) is 3.52. The number of fused-ring (bicyclic) bond motifs is 1. The maximum absolute atomic E-state index is 12.5. The number of amides is 2. The van der Waals surface area contributed by atoms with Crippen LogP contribution in [-0.4, -0.2) is 18.7 Å². The van der Waals surface area contributed by atoms with Crippen molar-refractivity contribution in [3.05, 3.63) is 53.6 Å². The maximum atomic E-state index is 12.5. The lowest BCUT2D eigenvalue weighted by Gasteiger charge is -2.33. The van der Waals surface area contributed by atoms with Gasteiger partial charge in [-0.1, -0.05) is 23.7 Å². The van der Waals surface area contributed by atoms with Crippen molar-refractivity contribution < 1.29 is 9.53 Å². The molecule has 0 saturated carbocycles. The SMILES string of the molecule is C[C@@H]1CN(C(=O)Nc2ccc(Cl)cc2)c2ccccc2O1. The van der Waals surface area contributed by atoms with Crippen molar-refractivity contribution in [3.8, 4) is 5.75 Å². The van der Waals surface area contributed by atoms with Crippen molar-refractivity contribution in [2.24, 2.45) is 0 Å². The molecular weight excluding hydrogens is 288 g/mol. The quantitative estimate of drug-likeness (QED) is 0.859. The molecule has 4 nitrogen and oxygen atoms in total. The van der Waals surface area contributed by atoms with Crippen molar-refractivity contribution in [2.45, 2.75) is 13.0 Å². The first kappa shape index (κ1) is 13.8. The second-order valence-corrected chi connectivity index (χ2v) is 5.38. The highest BCUT2D eigenvalue weighted by atomic mass is 35.5. The van der Waals surface area contributed by atoms with E-state index in [1.807, 2.05) is 31.2 Å². The average Bonchev–Trinajstić information content (AvgIpc) is 2.48. The van der Waals surface area contributed by atoms with E-state index in [0.29, 0.717) is 17.3 Å². The Morgan fingerprint density at radius 3 is 2.71 bits per heavy atom. The second-order valence-electron chi connectivity index (χ2n) is 4.94. The first-order valence-electron chi connectivity index (χ1n) is 6.73. The van der Waals surface area contributed by atoms with E-state index in [1.165, 1.54) is 0 Å². The zero-order valence-corrected chi connectivity index (χ0v) is 12.3. The molecule has 21 heavy (non-hydrogen) atoms. The number of nitrogens with zero attached hydrogens (tertiary/aromatic N) is 1. The molecule has 1 aliphatic heterocycles. The van der Waals surface area contributed by atoms with Crippen molar-refractivity contribution in [1.29, 1.82) is 0 Å². The number of carbonyl (C=O) groups excluding carboxylic acids is 1. The third-order valence-electron chi connectivity index (χ3n) is 3.26. The van der Waals surface area contributed by atoms with Crippen LogP contribution in [0.15, 0.2) is 48.5 Å². The number of halogens is 1. The fourth-order valence-electron chi connectivity index (χ4n) is 2.31. The Kier molecular flexibility index (Phi) is 3.71. The van der Waals surface area contributed by atoms with Gasteiger partial charge in [-0.25, -0.2) is 4.79 Å². The van der Waals surface area contributed by atoms with Gasteiger partial charge in [0.1, 0.15) is 11.9 Å². The van der Waals surface area contributed by atoms with Crippen LogP contribution in [0.3, 0.4) is 0 Å². The fourth-order valence-corrected chi connectivity index (χ4v) is 2.43. The average molecular weight is 303 g/mol. The summed E-state index contributed by atoms with van der Waals surface area (Å²) in [5.74, 6) is 0.725. The number of carbonyl (C=O) groups is 1. The standard InChI is InChI=1S/C16H15ClN2O2/c1-11-10-19(14-4-2-3-5-15(14)21-11)16(20)18-13-8-6-12(17)7-9-13/h2-9,11H,10H2,1H3,(H,18,20)/t11-/m1/s1. The van der Waals surface area contributed by atoms with E-state index in [1.54, 1.807) is 29.2 Å². The van der Waals surface area contributed by atoms with Gasteiger partial charge >= 0.3 is 6.03 Å². The monoisotopic (exact) mass is 302 g/mol. The minimum Gasteiger partial charge on any atom is -0.487 e. The lowest BCUT2D eigenvalue weighted by molar-refractivity contribution is 0.208. The number of hydrogen-bond acceptors (Lipinski definition) is 2. The summed E-state index contributed by atoms with van der Waals surface area (Å²) in [6.07, 6.45) is -0.0455. The largest absolute Gasteiger partial charge is 0.487 e. The Bertz CT molecular complexity index is 658. The summed E-state index contributed by atoms with van der Waals surface area (Å²) in [5.41, 5.74) is 1.49. The lowest BCUT2D eigenvalue weighted by Crippen LogP contribution is -2.44. The second kappa shape index (κ2) is 5.66. The number of benzene rings is 2. The molecule has 0 bridgehead atoms. The van der Waals surface area contributed by atoms with Crippen LogP contribution < -0.4 is 15.0 Å². The van der Waals surface area contributed by atoms with Crippen LogP contribution in [0.1, 0.15) is 6.92 Å². The van der Waals surface area contributed by atoms with E-state index >= 15 is 0 Å². The number of para-hydroxylation sites is 2. The van der Waals surface area contributed by atoms with Crippen LogP contribution in [0, 0.1) is 0 Å². The molecule has 1 N–H and O–H groups in total. The van der Waals surface area contributed by atoms with Crippen molar-refractivity contribution >= 4 is 29.0 Å². The summed E-state index contributed by atoms with van der Waals surface area (Å²) < 4.78 is 5.74. The van der Waals surface area contributed by atoms with Gasteiger partial charge in [0.15, 0.2) is 0 Å². The van der Waals surface area contributed by atoms with Crippen LogP contribution in [0.4, 0.5) is 16.2 Å². The van der Waals surface area contributed by atoms with E-state index in [-0.39, 0.29) is 12.1 Å². The van der Waals surface area contributed by atoms with Crippen LogP contribution in [-0.2, 0) is 0 Å². The Hall–Kier alpha value is -2.20. The van der Waals surface area contributed by atoms with Crippen molar-refractivity contribution in [1.82, 2.24) is 0 Å². The van der Waals surface area contributed by atoms with E-state index in [9.17, 15) is 4.79 Å². The fraction of sp³-hybridized carbons (Fsp3) is 0.188. The van der Waals surface area contributed by atoms with Crippen molar-refractivity contribution in [2.75, 3.05) is 16.8 Å². The molecular formula is C16H15ClN2O2. The number of nitrogens with one attached hydrogen (secondary N) is 1. The molecule has 0 fully saturated rings. The summed E-state index contributed by atoms with van der Waals surface area (Å²) >= 11 is 5.84. The molecule has 0 radical (unpaired) electrons. The summed E-state index contributed by atoms with van der Waals surface area (Å²) in [7, 11) is 0. The van der Waals surface area contributed by atoms with Gasteiger partial charge in [-0.2, -0.15) is 0 Å². The molecule has 2 aromatic carbocycles. The van der Waals surface area contributed by atoms with Gasteiger partial charge in [0.2, 0.25) is 0 Å². The number of hydrogen-bond donors (Lipinski definition) is 1. The van der Waals surface area contributed by atoms with Gasteiger partial charge in [-0.3, -0.25) is 4.90 Å². The summed E-state index contributed by atoms with van der Waals surface area (Å²) in [4.78, 5) is 14.2. The van der Waals surface area contributed by atoms with Gasteiger partial charge < -0.3 is 10.1 Å². The van der Waals surface area contributed by atoms with E-state index in [0.717, 1.165) is 11.4 Å². The maximum Gasteiger partial charge on any atom is 0.326 e. The molecule has 0 aromatic heterocycles. The summed E-state index contributed by atoms with van der Waals surface area (Å²) in [6.45, 7) is 2.45. The van der Waals surface area contributed by atoms with Gasteiger partial charge in [0, 0.05) is 10.7 Å². The first-order valence-corrected chi connectivity index (χ1v) is 7.11. The molecule has 2 amide bonds. The highest BCUT2D eigenvalue weighted by Gasteiger charge is 2.27. The molecule has 5 heteroatoms. The van der Waals surface area contributed by atoms with Crippen LogP contribution >= 0.6 is 11.6 Å². The van der Waals surface area contributed by atoms with Crippen LogP contribution in [0.2, 0.25) is 5.02 Å². The minimum absolute atomic E-state index is 0.0455. The smallest absolute Gasteiger partial charge is 0.326 e.